The smallest absolute Gasteiger partial charge is 0.254 e. The summed E-state index contributed by atoms with van der Waals surface area (Å²) < 4.78 is 26.2. The number of benzene rings is 3. The molecule has 3 aromatic rings. The molecule has 1 heterocycles. The van der Waals surface area contributed by atoms with Crippen LogP contribution < -0.4 is 4.90 Å². The van der Waals surface area contributed by atoms with E-state index >= 15 is 0 Å². The molecular weight excluding hydrogens is 522 g/mol. The van der Waals surface area contributed by atoms with E-state index < -0.39 is 22.8 Å². The first-order chi connectivity index (χ1) is 17.2. The summed E-state index contributed by atoms with van der Waals surface area (Å²) in [4.78, 5) is 30.0. The number of nitrogens with zero attached hydrogens (tertiary/aromatic N) is 2. The molecule has 9 heteroatoms. The van der Waals surface area contributed by atoms with Crippen LogP contribution in [0.15, 0.2) is 71.6 Å². The van der Waals surface area contributed by atoms with Crippen molar-refractivity contribution in [2.45, 2.75) is 30.8 Å². The Kier molecular flexibility index (Phi) is 8.25. The molecule has 0 bridgehead atoms. The van der Waals surface area contributed by atoms with Gasteiger partial charge in [-0.05, 0) is 73.6 Å². The fourth-order valence-electron chi connectivity index (χ4n) is 4.38. The van der Waals surface area contributed by atoms with E-state index in [4.69, 9.17) is 23.2 Å². The van der Waals surface area contributed by atoms with Crippen LogP contribution in [0.3, 0.4) is 0 Å². The monoisotopic (exact) mass is 546 g/mol. The van der Waals surface area contributed by atoms with Crippen LogP contribution in [0.5, 0.6) is 0 Å². The van der Waals surface area contributed by atoms with Gasteiger partial charge in [0, 0.05) is 47.0 Å². The predicted molar refractivity (Wildman–Crippen MR) is 142 cm³/mol. The summed E-state index contributed by atoms with van der Waals surface area (Å²) in [6.07, 6.45) is 0. The Morgan fingerprint density at radius 3 is 2.42 bits per heavy atom. The van der Waals surface area contributed by atoms with Crippen molar-refractivity contribution in [1.29, 1.82) is 0 Å². The van der Waals surface area contributed by atoms with Crippen molar-refractivity contribution < 1.29 is 18.5 Å². The maximum absolute atomic E-state index is 13.4. The minimum atomic E-state index is -1.75. The zero-order valence-corrected chi connectivity index (χ0v) is 22.1. The number of carbonyl (C=O) groups is 2. The summed E-state index contributed by atoms with van der Waals surface area (Å²) in [6.45, 7) is 5.24. The number of Topliss-reactive ketones (excluding diaryl/α,β-unsaturated/α-hetero) is 1. The number of carbonyl (C=O) groups excluding carboxylic acids is 2. The van der Waals surface area contributed by atoms with E-state index in [9.17, 15) is 18.5 Å². The zero-order valence-electron chi connectivity index (χ0n) is 19.8. The molecule has 1 fully saturated rings. The van der Waals surface area contributed by atoms with Crippen molar-refractivity contribution in [3.63, 3.8) is 0 Å². The molecule has 0 radical (unpaired) electrons. The largest absolute Gasteiger partial charge is 0.611 e. The summed E-state index contributed by atoms with van der Waals surface area (Å²) >= 11 is 10.8. The van der Waals surface area contributed by atoms with Gasteiger partial charge in [0.05, 0.1) is 5.02 Å². The maximum Gasteiger partial charge on any atom is 0.254 e. The van der Waals surface area contributed by atoms with Gasteiger partial charge < -0.3 is 14.4 Å². The summed E-state index contributed by atoms with van der Waals surface area (Å²) in [5.74, 6) is -1.50. The first kappa shape index (κ1) is 26.5. The third kappa shape index (κ3) is 5.70. The fourth-order valence-corrected chi connectivity index (χ4v) is 6.06. The van der Waals surface area contributed by atoms with Crippen molar-refractivity contribution in [3.8, 4) is 0 Å². The topological polar surface area (TPSA) is 63.7 Å². The Hall–Kier alpha value is -2.58. The van der Waals surface area contributed by atoms with Crippen LogP contribution in [0.1, 0.15) is 34.6 Å². The van der Waals surface area contributed by atoms with Gasteiger partial charge in [0.15, 0.2) is 10.6 Å². The van der Waals surface area contributed by atoms with Crippen molar-refractivity contribution in [3.05, 3.63) is 93.7 Å². The predicted octanol–water partition coefficient (Wildman–Crippen LogP) is 5.86. The number of hydrogen-bond donors (Lipinski definition) is 0. The lowest BCUT2D eigenvalue weighted by Gasteiger charge is -2.46. The van der Waals surface area contributed by atoms with Crippen LogP contribution in [-0.2, 0) is 11.2 Å². The molecule has 0 aliphatic carbocycles. The van der Waals surface area contributed by atoms with Gasteiger partial charge in [0.2, 0.25) is 5.78 Å². The molecule has 188 valence electrons. The number of anilines is 1. The number of rotatable bonds is 6. The highest BCUT2D eigenvalue weighted by molar-refractivity contribution is 7.92. The SMILES string of the molecule is CC1[C@H](C)N(C(=O)c2ccc([S+]([O-])CC(=O)c3cccc(F)c3)c(Cl)c2)CCN1c1cccc(Cl)c1. The van der Waals surface area contributed by atoms with Crippen molar-refractivity contribution in [2.75, 3.05) is 23.7 Å². The zero-order chi connectivity index (χ0) is 26.0. The molecule has 0 spiro atoms. The first-order valence-electron chi connectivity index (χ1n) is 11.5. The summed E-state index contributed by atoms with van der Waals surface area (Å²) in [7, 11) is 0. The van der Waals surface area contributed by atoms with E-state index in [1.807, 2.05) is 36.1 Å². The summed E-state index contributed by atoms with van der Waals surface area (Å²) in [6, 6.07) is 17.5. The van der Waals surface area contributed by atoms with Gasteiger partial charge >= 0.3 is 0 Å². The van der Waals surface area contributed by atoms with Gasteiger partial charge in [0.25, 0.3) is 5.91 Å². The number of halogens is 3. The average Bonchev–Trinajstić information content (AvgIpc) is 2.85. The number of piperazine rings is 1. The standard InChI is InChI=1S/C27H25Cl2FN2O3S/c1-17-18(2)32(12-11-31(17)23-8-4-6-21(28)15-23)27(34)20-9-10-26(24(29)14-20)36(35)16-25(33)19-5-3-7-22(30)13-19/h3-10,13-15,17-18H,11-12,16H2,1-2H3/t17?,18-,36?/m0/s1. The third-order valence-electron chi connectivity index (χ3n) is 6.50. The molecule has 5 nitrogen and oxygen atoms in total. The summed E-state index contributed by atoms with van der Waals surface area (Å²) in [5.41, 5.74) is 1.54. The van der Waals surface area contributed by atoms with Crippen LogP contribution in [0.2, 0.25) is 10.0 Å². The lowest BCUT2D eigenvalue weighted by atomic mass is 10.0. The van der Waals surface area contributed by atoms with E-state index in [-0.39, 0.29) is 39.2 Å². The Balaban J connectivity index is 1.45. The highest BCUT2D eigenvalue weighted by atomic mass is 35.5. The van der Waals surface area contributed by atoms with Crippen LogP contribution in [0.4, 0.5) is 10.1 Å². The molecule has 1 aliphatic rings. The lowest BCUT2D eigenvalue weighted by Crippen LogP contribution is -2.59. The maximum atomic E-state index is 13.4. The van der Waals surface area contributed by atoms with Crippen LogP contribution in [0.25, 0.3) is 0 Å². The molecule has 3 atom stereocenters. The Bertz CT molecular complexity index is 1290. The highest BCUT2D eigenvalue weighted by Crippen LogP contribution is 2.29. The molecular formula is C27H25Cl2FN2O3S. The molecule has 0 saturated carbocycles. The van der Waals surface area contributed by atoms with Crippen molar-refractivity contribution in [1.82, 2.24) is 4.90 Å². The quantitative estimate of drug-likeness (QED) is 0.287. The molecule has 1 amide bonds. The van der Waals surface area contributed by atoms with E-state index in [2.05, 4.69) is 11.8 Å². The molecule has 1 saturated heterocycles. The highest BCUT2D eigenvalue weighted by Gasteiger charge is 2.34. The Morgan fingerprint density at radius 2 is 1.72 bits per heavy atom. The molecule has 1 aliphatic heterocycles. The molecule has 3 aromatic carbocycles. The van der Waals surface area contributed by atoms with Crippen molar-refractivity contribution >= 4 is 51.8 Å². The second-order valence-electron chi connectivity index (χ2n) is 8.72. The van der Waals surface area contributed by atoms with Crippen LogP contribution in [-0.4, -0.2) is 52.1 Å². The normalized spacial score (nSPS) is 18.7. The third-order valence-corrected chi connectivity index (χ3v) is 8.53. The van der Waals surface area contributed by atoms with Gasteiger partial charge in [0.1, 0.15) is 5.82 Å². The van der Waals surface area contributed by atoms with Crippen LogP contribution >= 0.6 is 23.2 Å². The molecule has 2 unspecified atom stereocenters. The fraction of sp³-hybridized carbons (Fsp3) is 0.259. The van der Waals surface area contributed by atoms with Gasteiger partial charge in [-0.2, -0.15) is 0 Å². The number of hydrogen-bond acceptors (Lipinski definition) is 4. The van der Waals surface area contributed by atoms with Gasteiger partial charge in [-0.15, -0.1) is 0 Å². The van der Waals surface area contributed by atoms with Crippen LogP contribution in [0, 0.1) is 5.82 Å². The van der Waals surface area contributed by atoms with Gasteiger partial charge in [-0.1, -0.05) is 41.4 Å². The number of ketones is 1. The molecule has 36 heavy (non-hydrogen) atoms. The molecule has 4 rings (SSSR count). The van der Waals surface area contributed by atoms with E-state index in [0.717, 1.165) is 11.8 Å². The van der Waals surface area contributed by atoms with E-state index in [1.54, 1.807) is 6.07 Å². The Labute approximate surface area is 223 Å². The number of amides is 1. The van der Waals surface area contributed by atoms with Gasteiger partial charge in [-0.25, -0.2) is 4.39 Å². The Morgan fingerprint density at radius 1 is 0.972 bits per heavy atom. The van der Waals surface area contributed by atoms with E-state index in [1.165, 1.54) is 30.3 Å². The summed E-state index contributed by atoms with van der Waals surface area (Å²) in [5, 5.41) is 0.806. The minimum absolute atomic E-state index is 0.0530. The molecule has 0 N–H and O–H groups in total. The second kappa shape index (κ2) is 11.2. The van der Waals surface area contributed by atoms with Gasteiger partial charge in [-0.3, -0.25) is 9.59 Å². The molecule has 0 aromatic heterocycles. The second-order valence-corrected chi connectivity index (χ2v) is 11.0. The first-order valence-corrected chi connectivity index (χ1v) is 13.5. The average molecular weight is 547 g/mol. The van der Waals surface area contributed by atoms with E-state index in [0.29, 0.717) is 23.7 Å². The minimum Gasteiger partial charge on any atom is -0.611 e. The lowest BCUT2D eigenvalue weighted by molar-refractivity contribution is 0.0634. The van der Waals surface area contributed by atoms with Crippen molar-refractivity contribution in [2.24, 2.45) is 0 Å².